The monoisotopic (exact) mass is 469 g/mol. The van der Waals surface area contributed by atoms with Gasteiger partial charge in [0.1, 0.15) is 24.8 Å². The Morgan fingerprint density at radius 2 is 1.84 bits per heavy atom. The Kier molecular flexibility index (Phi) is 6.53. The number of benzene rings is 2. The van der Waals surface area contributed by atoms with Crippen LogP contribution < -0.4 is 14.2 Å². The lowest BCUT2D eigenvalue weighted by atomic mass is 10.1. The van der Waals surface area contributed by atoms with E-state index in [0.29, 0.717) is 39.6 Å². The molecule has 9 heteroatoms. The van der Waals surface area contributed by atoms with Crippen LogP contribution in [0.5, 0.6) is 17.2 Å². The second kappa shape index (κ2) is 9.50. The van der Waals surface area contributed by atoms with Crippen LogP contribution in [0.15, 0.2) is 64.1 Å². The first-order valence-electron chi connectivity index (χ1n) is 9.73. The number of hydrogen-bond donors (Lipinski definition) is 1. The molecular formula is C23H20ClN3O4S. The molecule has 0 radical (unpaired) electrons. The maximum absolute atomic E-state index is 12.4. The topological polar surface area (TPSA) is 84.2 Å². The lowest BCUT2D eigenvalue weighted by molar-refractivity contribution is -0.114. The molecule has 4 rings (SSSR count). The van der Waals surface area contributed by atoms with Crippen LogP contribution in [0.25, 0.3) is 6.08 Å². The number of nitrogens with zero attached hydrogens (tertiary/aromatic N) is 2. The Bertz CT molecular complexity index is 1180. The van der Waals surface area contributed by atoms with Gasteiger partial charge >= 0.3 is 0 Å². The molecule has 0 spiro atoms. The Morgan fingerprint density at radius 3 is 2.56 bits per heavy atom. The number of carbonyl (C=O) groups excluding carboxylic acids is 1. The molecule has 0 saturated carbocycles. The summed E-state index contributed by atoms with van der Waals surface area (Å²) in [7, 11) is 1.59. The zero-order valence-corrected chi connectivity index (χ0v) is 19.0. The third-order valence-electron chi connectivity index (χ3n) is 4.72. The molecule has 2 aliphatic heterocycles. The lowest BCUT2D eigenvalue weighted by Gasteiger charge is -2.25. The van der Waals surface area contributed by atoms with Gasteiger partial charge in [0.2, 0.25) is 0 Å². The first kappa shape index (κ1) is 22.0. The van der Waals surface area contributed by atoms with E-state index in [-0.39, 0.29) is 18.0 Å². The molecule has 0 fully saturated rings. The number of para-hydroxylation sites is 2. The Hall–Kier alpha value is -3.23. The summed E-state index contributed by atoms with van der Waals surface area (Å²) in [5.74, 6) is 1.45. The summed E-state index contributed by atoms with van der Waals surface area (Å²) >= 11 is 7.71. The number of fused-ring (bicyclic) bond motifs is 1. The van der Waals surface area contributed by atoms with Crippen LogP contribution in [0.2, 0.25) is 5.02 Å². The molecule has 0 aliphatic carbocycles. The summed E-state index contributed by atoms with van der Waals surface area (Å²) in [4.78, 5) is 18.1. The van der Waals surface area contributed by atoms with Crippen molar-refractivity contribution >= 4 is 46.3 Å². The predicted molar refractivity (Wildman–Crippen MR) is 127 cm³/mol. The Labute approximate surface area is 194 Å². The van der Waals surface area contributed by atoms with Gasteiger partial charge in [0.25, 0.3) is 5.91 Å². The first-order chi connectivity index (χ1) is 15.5. The third kappa shape index (κ3) is 4.51. The molecule has 1 N–H and O–H groups in total. The SMILES string of the molecule is COc1ccccc1OCCOc1ccc(/C=C2\C(=N)N3C(C)=CSC3=NC2=O)cc1Cl. The number of nitrogens with one attached hydrogen (secondary N) is 1. The van der Waals surface area contributed by atoms with Crippen LogP contribution in [0.3, 0.4) is 0 Å². The van der Waals surface area contributed by atoms with Crippen LogP contribution in [0.1, 0.15) is 12.5 Å². The zero-order valence-electron chi connectivity index (χ0n) is 17.4. The maximum atomic E-state index is 12.4. The van der Waals surface area contributed by atoms with Crippen molar-refractivity contribution < 1.29 is 19.0 Å². The Balaban J connectivity index is 1.41. The molecule has 164 valence electrons. The quantitative estimate of drug-likeness (QED) is 0.455. The molecule has 32 heavy (non-hydrogen) atoms. The standard InChI is InChI=1S/C23H20ClN3O4S/c1-14-13-32-23-26-22(28)16(21(25)27(14)23)11-15-7-8-18(17(24)12-15)30-9-10-31-20-6-4-3-5-19(20)29-2/h3-8,11-13,25H,9-10H2,1-2H3/b16-11+,25-21?. The zero-order chi connectivity index (χ0) is 22.7. The number of hydrogen-bond acceptors (Lipinski definition) is 6. The summed E-state index contributed by atoms with van der Waals surface area (Å²) in [5, 5.41) is 11.2. The summed E-state index contributed by atoms with van der Waals surface area (Å²) in [6.45, 7) is 2.48. The fraction of sp³-hybridized carbons (Fsp3) is 0.174. The third-order valence-corrected chi connectivity index (χ3v) is 5.96. The first-order valence-corrected chi connectivity index (χ1v) is 11.0. The van der Waals surface area contributed by atoms with E-state index in [4.69, 9.17) is 31.2 Å². The number of carbonyl (C=O) groups is 1. The minimum Gasteiger partial charge on any atom is -0.493 e. The van der Waals surface area contributed by atoms with Crippen molar-refractivity contribution in [3.05, 3.63) is 69.7 Å². The summed E-state index contributed by atoms with van der Waals surface area (Å²) in [5.41, 5.74) is 1.74. The van der Waals surface area contributed by atoms with Crippen LogP contribution in [-0.2, 0) is 4.79 Å². The minimum absolute atomic E-state index is 0.101. The van der Waals surface area contributed by atoms with Crippen molar-refractivity contribution in [2.45, 2.75) is 6.92 Å². The van der Waals surface area contributed by atoms with Crippen molar-refractivity contribution in [1.82, 2.24) is 4.90 Å². The van der Waals surface area contributed by atoms with Crippen molar-refractivity contribution in [1.29, 1.82) is 5.41 Å². The molecular weight excluding hydrogens is 450 g/mol. The van der Waals surface area contributed by atoms with Gasteiger partial charge in [-0.05, 0) is 48.2 Å². The van der Waals surface area contributed by atoms with E-state index in [9.17, 15) is 4.79 Å². The van der Waals surface area contributed by atoms with Crippen LogP contribution in [0, 0.1) is 5.41 Å². The molecule has 2 aliphatic rings. The highest BCUT2D eigenvalue weighted by Gasteiger charge is 2.33. The number of methoxy groups -OCH3 is 1. The van der Waals surface area contributed by atoms with Crippen LogP contribution in [0.4, 0.5) is 0 Å². The van der Waals surface area contributed by atoms with Crippen molar-refractivity contribution in [3.63, 3.8) is 0 Å². The molecule has 0 aromatic heterocycles. The number of halogens is 1. The van der Waals surface area contributed by atoms with E-state index in [1.807, 2.05) is 36.6 Å². The average molecular weight is 470 g/mol. The van der Waals surface area contributed by atoms with E-state index in [0.717, 1.165) is 5.70 Å². The number of thioether (sulfide) groups is 1. The molecule has 0 unspecified atom stereocenters. The Morgan fingerprint density at radius 1 is 1.12 bits per heavy atom. The van der Waals surface area contributed by atoms with Crippen LogP contribution >= 0.6 is 23.4 Å². The maximum Gasteiger partial charge on any atom is 0.283 e. The van der Waals surface area contributed by atoms with Gasteiger partial charge in [-0.1, -0.05) is 41.6 Å². The number of amides is 1. The van der Waals surface area contributed by atoms with E-state index in [1.54, 1.807) is 36.3 Å². The molecule has 0 bridgehead atoms. The van der Waals surface area contributed by atoms with Crippen molar-refractivity contribution in [3.8, 4) is 17.2 Å². The van der Waals surface area contributed by atoms with E-state index < -0.39 is 5.91 Å². The van der Waals surface area contributed by atoms with E-state index in [1.165, 1.54) is 11.8 Å². The largest absolute Gasteiger partial charge is 0.493 e. The highest BCUT2D eigenvalue weighted by atomic mass is 35.5. The smallest absolute Gasteiger partial charge is 0.283 e. The predicted octanol–water partition coefficient (Wildman–Crippen LogP) is 4.97. The number of aliphatic imine (C=N–C) groups is 1. The van der Waals surface area contributed by atoms with Gasteiger partial charge in [0.05, 0.1) is 17.7 Å². The molecule has 0 saturated heterocycles. The molecule has 2 aromatic carbocycles. The summed E-state index contributed by atoms with van der Waals surface area (Å²) in [6, 6.07) is 12.6. The molecule has 2 aromatic rings. The highest BCUT2D eigenvalue weighted by molar-refractivity contribution is 8.16. The minimum atomic E-state index is -0.443. The molecule has 2 heterocycles. The summed E-state index contributed by atoms with van der Waals surface area (Å²) < 4.78 is 16.7. The van der Waals surface area contributed by atoms with Gasteiger partial charge in [-0.3, -0.25) is 15.1 Å². The molecule has 1 amide bonds. The number of allylic oxidation sites excluding steroid dienone is 1. The number of ether oxygens (including phenoxy) is 3. The van der Waals surface area contributed by atoms with Gasteiger partial charge in [-0.2, -0.15) is 4.99 Å². The second-order valence-electron chi connectivity index (χ2n) is 6.86. The molecule has 7 nitrogen and oxygen atoms in total. The van der Waals surface area contributed by atoms with Crippen molar-refractivity contribution in [2.75, 3.05) is 20.3 Å². The number of rotatable bonds is 7. The van der Waals surface area contributed by atoms with Gasteiger partial charge < -0.3 is 14.2 Å². The van der Waals surface area contributed by atoms with Crippen LogP contribution in [-0.4, -0.2) is 42.1 Å². The van der Waals surface area contributed by atoms with Gasteiger partial charge in [0, 0.05) is 5.70 Å². The second-order valence-corrected chi connectivity index (χ2v) is 8.10. The fourth-order valence-electron chi connectivity index (χ4n) is 3.17. The fourth-order valence-corrected chi connectivity index (χ4v) is 4.27. The van der Waals surface area contributed by atoms with E-state index in [2.05, 4.69) is 4.99 Å². The molecule has 0 atom stereocenters. The number of amidine groups is 2. The van der Waals surface area contributed by atoms with Gasteiger partial charge in [-0.25, -0.2) is 0 Å². The average Bonchev–Trinajstić information content (AvgIpc) is 3.15. The van der Waals surface area contributed by atoms with Gasteiger partial charge in [-0.15, -0.1) is 0 Å². The van der Waals surface area contributed by atoms with E-state index >= 15 is 0 Å². The summed E-state index contributed by atoms with van der Waals surface area (Å²) in [6.07, 6.45) is 1.61. The lowest BCUT2D eigenvalue weighted by Crippen LogP contribution is -2.37. The van der Waals surface area contributed by atoms with Crippen molar-refractivity contribution in [2.24, 2.45) is 4.99 Å². The highest BCUT2D eigenvalue weighted by Crippen LogP contribution is 2.33. The van der Waals surface area contributed by atoms with Gasteiger partial charge in [0.15, 0.2) is 16.7 Å². The normalized spacial score (nSPS) is 16.6.